The van der Waals surface area contributed by atoms with Gasteiger partial charge in [-0.25, -0.2) is 9.48 Å². The van der Waals surface area contributed by atoms with Crippen molar-refractivity contribution in [3.8, 4) is 22.9 Å². The molecule has 0 unspecified atom stereocenters. The molecule has 146 valence electrons. The highest BCUT2D eigenvalue weighted by molar-refractivity contribution is 6.34. The lowest BCUT2D eigenvalue weighted by atomic mass is 10.1. The van der Waals surface area contributed by atoms with E-state index in [4.69, 9.17) is 16.3 Å². The molecule has 0 N–H and O–H groups in total. The number of carbonyl (C=O) groups excluding carboxylic acids is 1. The van der Waals surface area contributed by atoms with Crippen LogP contribution in [0.25, 0.3) is 11.3 Å². The Morgan fingerprint density at radius 3 is 2.74 bits per heavy atom. The van der Waals surface area contributed by atoms with Crippen molar-refractivity contribution < 1.29 is 32.7 Å². The molecule has 2 rings (SSSR count). The number of esters is 1. The van der Waals surface area contributed by atoms with Crippen LogP contribution in [0.4, 0.5) is 14.5 Å². The summed E-state index contributed by atoms with van der Waals surface area (Å²) in [6, 6.07) is 3.72. The zero-order valence-corrected chi connectivity index (χ0v) is 14.9. The molecule has 0 saturated carbocycles. The fourth-order valence-corrected chi connectivity index (χ4v) is 2.46. The van der Waals surface area contributed by atoms with E-state index < -0.39 is 29.8 Å². The van der Waals surface area contributed by atoms with E-state index in [0.29, 0.717) is 0 Å². The van der Waals surface area contributed by atoms with Gasteiger partial charge in [-0.2, -0.15) is 13.9 Å². The number of benzene rings is 1. The van der Waals surface area contributed by atoms with E-state index in [0.717, 1.165) is 10.7 Å². The fraction of sp³-hybridized carbons (Fsp3) is 0.333. The van der Waals surface area contributed by atoms with Crippen LogP contribution < -0.4 is 9.47 Å². The van der Waals surface area contributed by atoms with Crippen LogP contribution in [0, 0.1) is 10.1 Å². The summed E-state index contributed by atoms with van der Waals surface area (Å²) in [5.74, 6) is -1.24. The molecule has 0 aliphatic rings. The summed E-state index contributed by atoms with van der Waals surface area (Å²) >= 11 is 6.01. The highest BCUT2D eigenvalue weighted by Crippen LogP contribution is 2.38. The number of alkyl halides is 2. The average molecular weight is 406 g/mol. The first-order valence-corrected chi connectivity index (χ1v) is 7.86. The molecule has 0 amide bonds. The minimum Gasteiger partial charge on any atom is -0.475 e. The van der Waals surface area contributed by atoms with Crippen LogP contribution in [0.5, 0.6) is 11.6 Å². The molecular formula is C15H14ClF2N3O6. The van der Waals surface area contributed by atoms with Crippen LogP contribution in [-0.4, -0.2) is 40.5 Å². The Kier molecular flexibility index (Phi) is 6.50. The van der Waals surface area contributed by atoms with E-state index >= 15 is 0 Å². The Morgan fingerprint density at radius 1 is 1.44 bits per heavy atom. The van der Waals surface area contributed by atoms with Crippen molar-refractivity contribution in [3.05, 3.63) is 33.3 Å². The predicted octanol–water partition coefficient (Wildman–Crippen LogP) is 3.19. The van der Waals surface area contributed by atoms with Gasteiger partial charge >= 0.3 is 18.3 Å². The molecule has 0 saturated heterocycles. The van der Waals surface area contributed by atoms with Crippen molar-refractivity contribution in [3.63, 3.8) is 0 Å². The number of aryl methyl sites for hydroxylation is 1. The number of halogens is 3. The predicted molar refractivity (Wildman–Crippen MR) is 89.1 cm³/mol. The summed E-state index contributed by atoms with van der Waals surface area (Å²) in [6.45, 7) is -1.87. The van der Waals surface area contributed by atoms with Crippen LogP contribution >= 0.6 is 11.6 Å². The van der Waals surface area contributed by atoms with Gasteiger partial charge in [-0.15, -0.1) is 0 Å². The van der Waals surface area contributed by atoms with E-state index in [-0.39, 0.29) is 34.5 Å². The van der Waals surface area contributed by atoms with Gasteiger partial charge in [0.05, 0.1) is 11.5 Å². The molecule has 0 atom stereocenters. The smallest absolute Gasteiger partial charge is 0.388 e. The molecule has 0 bridgehead atoms. The molecule has 0 aliphatic heterocycles. The minimum atomic E-state index is -3.11. The van der Waals surface area contributed by atoms with Crippen LogP contribution in [-0.2, 0) is 16.6 Å². The second-order valence-corrected chi connectivity index (χ2v) is 5.38. The molecule has 12 heteroatoms. The van der Waals surface area contributed by atoms with E-state index in [9.17, 15) is 23.7 Å². The number of rotatable bonds is 8. The van der Waals surface area contributed by atoms with Crippen molar-refractivity contribution >= 4 is 23.3 Å². The zero-order valence-electron chi connectivity index (χ0n) is 14.1. The Balaban J connectivity index is 2.36. The number of hydrogen-bond acceptors (Lipinski definition) is 7. The van der Waals surface area contributed by atoms with Crippen molar-refractivity contribution in [2.24, 2.45) is 7.05 Å². The molecule has 0 spiro atoms. The maximum atomic E-state index is 12.5. The summed E-state index contributed by atoms with van der Waals surface area (Å²) in [6.07, 6.45) is 0. The second kappa shape index (κ2) is 8.62. The third-order valence-corrected chi connectivity index (χ3v) is 3.56. The van der Waals surface area contributed by atoms with Gasteiger partial charge in [0.15, 0.2) is 12.4 Å². The van der Waals surface area contributed by atoms with Crippen molar-refractivity contribution in [1.82, 2.24) is 9.78 Å². The molecule has 0 fully saturated rings. The fourth-order valence-electron chi connectivity index (χ4n) is 2.15. The molecule has 1 heterocycles. The van der Waals surface area contributed by atoms with Crippen molar-refractivity contribution in [1.29, 1.82) is 0 Å². The SMILES string of the molecule is CCOC(=O)COc1ccc(-c2nn(C)c(OC(F)F)c2Cl)cc1[N+](=O)[O-]. The summed E-state index contributed by atoms with van der Waals surface area (Å²) in [4.78, 5) is 21.9. The third-order valence-electron chi connectivity index (χ3n) is 3.22. The van der Waals surface area contributed by atoms with Gasteiger partial charge < -0.3 is 14.2 Å². The summed E-state index contributed by atoms with van der Waals surface area (Å²) in [5.41, 5.74) is -0.278. The Labute approximate surface area is 156 Å². The van der Waals surface area contributed by atoms with Crippen molar-refractivity contribution in [2.45, 2.75) is 13.5 Å². The van der Waals surface area contributed by atoms with Gasteiger partial charge in [-0.05, 0) is 19.1 Å². The number of carbonyl (C=O) groups is 1. The highest BCUT2D eigenvalue weighted by atomic mass is 35.5. The first kappa shape index (κ1) is 20.4. The van der Waals surface area contributed by atoms with E-state index in [1.165, 1.54) is 19.2 Å². The first-order chi connectivity index (χ1) is 12.7. The van der Waals surface area contributed by atoms with E-state index in [1.807, 2.05) is 0 Å². The summed E-state index contributed by atoms with van der Waals surface area (Å²) in [5, 5.41) is 15.0. The summed E-state index contributed by atoms with van der Waals surface area (Å²) < 4.78 is 40.0. The van der Waals surface area contributed by atoms with Crippen LogP contribution in [0.1, 0.15) is 6.92 Å². The molecule has 1 aromatic carbocycles. The minimum absolute atomic E-state index is 0.00913. The third kappa shape index (κ3) is 4.82. The monoisotopic (exact) mass is 405 g/mol. The van der Waals surface area contributed by atoms with E-state index in [1.54, 1.807) is 6.92 Å². The second-order valence-electron chi connectivity index (χ2n) is 5.00. The lowest BCUT2D eigenvalue weighted by molar-refractivity contribution is -0.385. The van der Waals surface area contributed by atoms with Gasteiger partial charge in [0, 0.05) is 18.7 Å². The quantitative estimate of drug-likeness (QED) is 0.377. The van der Waals surface area contributed by atoms with Crippen LogP contribution in [0.3, 0.4) is 0 Å². The van der Waals surface area contributed by atoms with E-state index in [2.05, 4.69) is 14.6 Å². The Hall–Kier alpha value is -2.95. The number of nitro benzene ring substituents is 1. The Morgan fingerprint density at radius 2 is 2.15 bits per heavy atom. The normalized spacial score (nSPS) is 10.7. The molecule has 2 aromatic rings. The van der Waals surface area contributed by atoms with Gasteiger partial charge in [-0.1, -0.05) is 11.6 Å². The van der Waals surface area contributed by atoms with Crippen LogP contribution in [0.15, 0.2) is 18.2 Å². The number of nitrogens with zero attached hydrogens (tertiary/aromatic N) is 3. The molecule has 0 aliphatic carbocycles. The highest BCUT2D eigenvalue weighted by Gasteiger charge is 2.24. The molecular weight excluding hydrogens is 392 g/mol. The first-order valence-electron chi connectivity index (χ1n) is 7.49. The summed E-state index contributed by atoms with van der Waals surface area (Å²) in [7, 11) is 1.33. The lowest BCUT2D eigenvalue weighted by Gasteiger charge is -2.07. The maximum absolute atomic E-state index is 12.5. The van der Waals surface area contributed by atoms with Crippen LogP contribution in [0.2, 0.25) is 5.02 Å². The largest absolute Gasteiger partial charge is 0.475 e. The molecule has 9 nitrogen and oxygen atoms in total. The molecule has 27 heavy (non-hydrogen) atoms. The number of ether oxygens (including phenoxy) is 3. The maximum Gasteiger partial charge on any atom is 0.388 e. The zero-order chi connectivity index (χ0) is 20.1. The average Bonchev–Trinajstić information content (AvgIpc) is 2.88. The topological polar surface area (TPSA) is 106 Å². The van der Waals surface area contributed by atoms with Gasteiger partial charge in [0.2, 0.25) is 5.88 Å². The lowest BCUT2D eigenvalue weighted by Crippen LogP contribution is -2.15. The van der Waals surface area contributed by atoms with Gasteiger partial charge in [0.25, 0.3) is 0 Å². The standard InChI is InChI=1S/C15H14ClF2N3O6/c1-3-25-11(22)7-26-10-5-4-8(6-9(10)21(23)24)13-12(16)14(20(2)19-13)27-15(17)18/h4-6,15H,3,7H2,1-2H3. The molecule has 0 radical (unpaired) electrons. The Bertz CT molecular complexity index is 858. The van der Waals surface area contributed by atoms with Gasteiger partial charge in [0.1, 0.15) is 10.7 Å². The number of hydrogen-bond donors (Lipinski definition) is 0. The number of aromatic nitrogens is 2. The van der Waals surface area contributed by atoms with Crippen molar-refractivity contribution in [2.75, 3.05) is 13.2 Å². The number of nitro groups is 1. The van der Waals surface area contributed by atoms with Gasteiger partial charge in [-0.3, -0.25) is 10.1 Å². The molecule has 1 aromatic heterocycles.